The molecule has 0 aliphatic carbocycles. The smallest absolute Gasteiger partial charge is 0.149 e. The molecule has 72 valence electrons. The first-order valence-corrected chi connectivity index (χ1v) is 4.35. The van der Waals surface area contributed by atoms with Crippen molar-refractivity contribution in [3.05, 3.63) is 35.3 Å². The Labute approximate surface area is 81.0 Å². The molecular formula is C11H10FNO. The highest BCUT2D eigenvalue weighted by atomic mass is 19.1. The van der Waals surface area contributed by atoms with Gasteiger partial charge in [-0.3, -0.25) is 0 Å². The van der Waals surface area contributed by atoms with Gasteiger partial charge in [0.15, 0.2) is 0 Å². The fraction of sp³-hybridized carbons (Fsp3) is 0.182. The summed E-state index contributed by atoms with van der Waals surface area (Å²) in [6, 6.07) is 4.56. The first-order valence-electron chi connectivity index (χ1n) is 4.35. The number of hydrogen-bond donors (Lipinski definition) is 1. The molecule has 14 heavy (non-hydrogen) atoms. The second-order valence-corrected chi connectivity index (χ2v) is 3.31. The van der Waals surface area contributed by atoms with Gasteiger partial charge in [0.2, 0.25) is 0 Å². The van der Waals surface area contributed by atoms with Crippen LogP contribution in [0.4, 0.5) is 4.39 Å². The Balaban J connectivity index is 2.98. The maximum Gasteiger partial charge on any atom is 0.149 e. The molecule has 1 aromatic heterocycles. The quantitative estimate of drug-likeness (QED) is 0.694. The van der Waals surface area contributed by atoms with Gasteiger partial charge in [-0.1, -0.05) is 6.07 Å². The van der Waals surface area contributed by atoms with Gasteiger partial charge in [-0.05, 0) is 26.0 Å². The minimum absolute atomic E-state index is 0.118. The van der Waals surface area contributed by atoms with E-state index in [-0.39, 0.29) is 11.3 Å². The van der Waals surface area contributed by atoms with Crippen LogP contribution in [-0.4, -0.2) is 10.1 Å². The van der Waals surface area contributed by atoms with Crippen LogP contribution in [0.2, 0.25) is 0 Å². The molecular weight excluding hydrogens is 181 g/mol. The summed E-state index contributed by atoms with van der Waals surface area (Å²) in [5.41, 5.74) is 1.58. The van der Waals surface area contributed by atoms with Crippen LogP contribution >= 0.6 is 0 Å². The lowest BCUT2D eigenvalue weighted by Crippen LogP contribution is -1.92. The Morgan fingerprint density at radius 3 is 2.71 bits per heavy atom. The number of aromatic hydroxyl groups is 1. The second-order valence-electron chi connectivity index (χ2n) is 3.31. The van der Waals surface area contributed by atoms with Crippen molar-refractivity contribution in [3.8, 4) is 5.75 Å². The minimum Gasteiger partial charge on any atom is -0.507 e. The summed E-state index contributed by atoms with van der Waals surface area (Å²) in [7, 11) is 0. The van der Waals surface area contributed by atoms with Gasteiger partial charge < -0.3 is 5.11 Å². The zero-order chi connectivity index (χ0) is 10.3. The third-order valence-corrected chi connectivity index (χ3v) is 2.42. The van der Waals surface area contributed by atoms with Crippen molar-refractivity contribution >= 4 is 10.9 Å². The van der Waals surface area contributed by atoms with Gasteiger partial charge >= 0.3 is 0 Å². The summed E-state index contributed by atoms with van der Waals surface area (Å²) >= 11 is 0. The largest absolute Gasteiger partial charge is 0.507 e. The second kappa shape index (κ2) is 2.94. The van der Waals surface area contributed by atoms with E-state index >= 15 is 0 Å². The molecule has 0 amide bonds. The zero-order valence-electron chi connectivity index (χ0n) is 8.00. The number of aromatic nitrogens is 1. The topological polar surface area (TPSA) is 33.1 Å². The number of fused-ring (bicyclic) bond motifs is 1. The molecule has 2 nitrogen and oxygen atoms in total. The molecule has 1 heterocycles. The Kier molecular flexibility index (Phi) is 1.88. The average Bonchev–Trinajstić information content (AvgIpc) is 2.17. The summed E-state index contributed by atoms with van der Waals surface area (Å²) in [4.78, 5) is 4.10. The van der Waals surface area contributed by atoms with Gasteiger partial charge in [0.1, 0.15) is 17.1 Å². The van der Waals surface area contributed by atoms with Crippen LogP contribution in [0.15, 0.2) is 18.2 Å². The van der Waals surface area contributed by atoms with Gasteiger partial charge in [-0.2, -0.15) is 0 Å². The first-order chi connectivity index (χ1) is 6.61. The molecule has 3 heteroatoms. The van der Waals surface area contributed by atoms with E-state index in [1.807, 2.05) is 0 Å². The molecule has 2 aromatic rings. The molecule has 0 saturated carbocycles. The predicted molar refractivity (Wildman–Crippen MR) is 52.8 cm³/mol. The maximum atomic E-state index is 13.3. The Morgan fingerprint density at radius 2 is 2.00 bits per heavy atom. The first kappa shape index (κ1) is 8.94. The Morgan fingerprint density at radius 1 is 1.29 bits per heavy atom. The van der Waals surface area contributed by atoms with E-state index in [2.05, 4.69) is 4.98 Å². The lowest BCUT2D eigenvalue weighted by molar-refractivity contribution is 0.476. The molecule has 0 unspecified atom stereocenters. The number of hydrogen-bond acceptors (Lipinski definition) is 2. The van der Waals surface area contributed by atoms with Crippen LogP contribution in [-0.2, 0) is 0 Å². The summed E-state index contributed by atoms with van der Waals surface area (Å²) in [5.74, 6) is -0.284. The standard InChI is InChI=1S/C11H10FNO/c1-6-7(2)13-10-8(11(6)14)4-3-5-9(10)12/h3-5H,1-2H3,(H,13,14). The normalized spacial score (nSPS) is 10.8. The molecule has 0 saturated heterocycles. The molecule has 1 aromatic carbocycles. The molecule has 2 rings (SSSR count). The predicted octanol–water partition coefficient (Wildman–Crippen LogP) is 2.70. The fourth-order valence-corrected chi connectivity index (χ4v) is 1.44. The molecule has 0 atom stereocenters. The summed E-state index contributed by atoms with van der Waals surface area (Å²) in [6.45, 7) is 3.52. The number of halogens is 1. The van der Waals surface area contributed by atoms with Crippen molar-refractivity contribution in [1.82, 2.24) is 4.98 Å². The molecule has 0 aliphatic heterocycles. The average molecular weight is 191 g/mol. The third kappa shape index (κ3) is 1.13. The number of nitrogens with zero attached hydrogens (tertiary/aromatic N) is 1. The number of rotatable bonds is 0. The number of benzene rings is 1. The van der Waals surface area contributed by atoms with E-state index < -0.39 is 5.82 Å². The van der Waals surface area contributed by atoms with E-state index in [4.69, 9.17) is 0 Å². The Hall–Kier alpha value is -1.64. The van der Waals surface area contributed by atoms with Crippen LogP contribution in [0.3, 0.4) is 0 Å². The highest BCUT2D eigenvalue weighted by molar-refractivity contribution is 5.86. The Bertz CT molecular complexity index is 508. The van der Waals surface area contributed by atoms with Crippen molar-refractivity contribution in [3.63, 3.8) is 0 Å². The van der Waals surface area contributed by atoms with Gasteiger partial charge in [0.25, 0.3) is 0 Å². The summed E-state index contributed by atoms with van der Waals surface area (Å²) in [5, 5.41) is 10.2. The molecule has 0 bridgehead atoms. The van der Waals surface area contributed by atoms with E-state index in [0.717, 1.165) is 0 Å². The van der Waals surface area contributed by atoms with E-state index in [1.54, 1.807) is 26.0 Å². The molecule has 0 fully saturated rings. The van der Waals surface area contributed by atoms with Crippen LogP contribution in [0, 0.1) is 19.7 Å². The van der Waals surface area contributed by atoms with Crippen molar-refractivity contribution in [2.45, 2.75) is 13.8 Å². The van der Waals surface area contributed by atoms with Crippen molar-refractivity contribution < 1.29 is 9.50 Å². The molecule has 0 aliphatic rings. The maximum absolute atomic E-state index is 13.3. The van der Waals surface area contributed by atoms with E-state index in [9.17, 15) is 9.50 Å². The van der Waals surface area contributed by atoms with Gasteiger partial charge in [0.05, 0.1) is 0 Å². The van der Waals surface area contributed by atoms with Gasteiger partial charge in [-0.25, -0.2) is 9.37 Å². The fourth-order valence-electron chi connectivity index (χ4n) is 1.44. The molecule has 0 spiro atoms. The van der Waals surface area contributed by atoms with Crippen LogP contribution in [0.5, 0.6) is 5.75 Å². The van der Waals surface area contributed by atoms with Gasteiger partial charge in [0, 0.05) is 16.6 Å². The number of pyridine rings is 1. The highest BCUT2D eigenvalue weighted by Gasteiger charge is 2.10. The van der Waals surface area contributed by atoms with Crippen molar-refractivity contribution in [1.29, 1.82) is 0 Å². The van der Waals surface area contributed by atoms with Crippen molar-refractivity contribution in [2.75, 3.05) is 0 Å². The zero-order valence-corrected chi connectivity index (χ0v) is 8.00. The van der Waals surface area contributed by atoms with E-state index in [0.29, 0.717) is 16.6 Å². The summed E-state index contributed by atoms with van der Waals surface area (Å²) in [6.07, 6.45) is 0. The monoisotopic (exact) mass is 191 g/mol. The third-order valence-electron chi connectivity index (χ3n) is 2.42. The molecule has 0 radical (unpaired) electrons. The number of aryl methyl sites for hydroxylation is 1. The summed E-state index contributed by atoms with van der Waals surface area (Å²) < 4.78 is 13.3. The number of para-hydroxylation sites is 1. The van der Waals surface area contributed by atoms with Crippen LogP contribution in [0.25, 0.3) is 10.9 Å². The van der Waals surface area contributed by atoms with Crippen LogP contribution in [0.1, 0.15) is 11.3 Å². The minimum atomic E-state index is -0.402. The van der Waals surface area contributed by atoms with Gasteiger partial charge in [-0.15, -0.1) is 0 Å². The highest BCUT2D eigenvalue weighted by Crippen LogP contribution is 2.29. The molecule has 1 N–H and O–H groups in total. The lowest BCUT2D eigenvalue weighted by atomic mass is 10.1. The lowest BCUT2D eigenvalue weighted by Gasteiger charge is -2.07. The SMILES string of the molecule is Cc1nc2c(F)cccc2c(O)c1C. The van der Waals surface area contributed by atoms with Crippen molar-refractivity contribution in [2.24, 2.45) is 0 Å². The van der Waals surface area contributed by atoms with E-state index in [1.165, 1.54) is 6.07 Å². The van der Waals surface area contributed by atoms with Crippen LogP contribution < -0.4 is 0 Å².